The largest absolute Gasteiger partial charge is 0.370 e. The molecule has 0 radical (unpaired) electrons. The molecule has 1 aromatic rings. The van der Waals surface area contributed by atoms with Crippen LogP contribution in [0.5, 0.6) is 0 Å². The Bertz CT molecular complexity index is 353. The van der Waals surface area contributed by atoms with Gasteiger partial charge in [0.2, 0.25) is 0 Å². The number of nitrogens with two attached hydrogens (primary N) is 2. The van der Waals surface area contributed by atoms with Gasteiger partial charge >= 0.3 is 0 Å². The highest BCUT2D eigenvalue weighted by atomic mass is 15.0. The summed E-state index contributed by atoms with van der Waals surface area (Å²) in [5, 5.41) is 0. The molecule has 0 fully saturated rings. The number of fused-ring (bicyclic) bond motifs is 1. The summed E-state index contributed by atoms with van der Waals surface area (Å²) in [5.41, 5.74) is 13.5. The summed E-state index contributed by atoms with van der Waals surface area (Å²) in [5.74, 6) is 0.187. The number of aryl methyl sites for hydroxylation is 1. The van der Waals surface area contributed by atoms with Crippen LogP contribution in [0.3, 0.4) is 0 Å². The van der Waals surface area contributed by atoms with Crippen molar-refractivity contribution < 1.29 is 0 Å². The minimum Gasteiger partial charge on any atom is -0.370 e. The van der Waals surface area contributed by atoms with E-state index in [9.17, 15) is 0 Å². The summed E-state index contributed by atoms with van der Waals surface area (Å²) in [4.78, 5) is 4.25. The number of aliphatic imine (C=N–C) groups is 1. The highest BCUT2D eigenvalue weighted by Crippen LogP contribution is 2.31. The van der Waals surface area contributed by atoms with Gasteiger partial charge in [-0.25, -0.2) is 4.99 Å². The summed E-state index contributed by atoms with van der Waals surface area (Å²) < 4.78 is 0. The minimum absolute atomic E-state index is 0.171. The Morgan fingerprint density at radius 3 is 2.86 bits per heavy atom. The quantitative estimate of drug-likeness (QED) is 0.517. The van der Waals surface area contributed by atoms with Gasteiger partial charge in [0.25, 0.3) is 0 Å². The molecule has 1 atom stereocenters. The fraction of sp³-hybridized carbons (Fsp3) is 0.364. The Labute approximate surface area is 83.8 Å². The van der Waals surface area contributed by atoms with Crippen LogP contribution in [0.1, 0.15) is 30.0 Å². The van der Waals surface area contributed by atoms with E-state index in [1.54, 1.807) is 0 Å². The number of benzene rings is 1. The van der Waals surface area contributed by atoms with Gasteiger partial charge in [0.05, 0.1) is 6.04 Å². The topological polar surface area (TPSA) is 64.4 Å². The first-order valence-corrected chi connectivity index (χ1v) is 4.94. The molecule has 3 heteroatoms. The van der Waals surface area contributed by atoms with Crippen LogP contribution in [0.15, 0.2) is 29.3 Å². The van der Waals surface area contributed by atoms with E-state index in [0.29, 0.717) is 0 Å². The summed E-state index contributed by atoms with van der Waals surface area (Å²) >= 11 is 0. The number of guanidine groups is 1. The zero-order valence-electron chi connectivity index (χ0n) is 8.11. The lowest BCUT2D eigenvalue weighted by molar-refractivity contribution is 0.572. The van der Waals surface area contributed by atoms with Crippen molar-refractivity contribution in [3.8, 4) is 0 Å². The van der Waals surface area contributed by atoms with Crippen LogP contribution >= 0.6 is 0 Å². The van der Waals surface area contributed by atoms with Gasteiger partial charge in [-0.2, -0.15) is 0 Å². The summed E-state index contributed by atoms with van der Waals surface area (Å²) in [6.07, 6.45) is 3.36. The second kappa shape index (κ2) is 3.70. The minimum atomic E-state index is 0.171. The molecule has 1 aromatic carbocycles. The molecule has 0 amide bonds. The molecule has 0 bridgehead atoms. The summed E-state index contributed by atoms with van der Waals surface area (Å²) in [6.45, 7) is 0. The lowest BCUT2D eigenvalue weighted by Crippen LogP contribution is -2.24. The highest BCUT2D eigenvalue weighted by Gasteiger charge is 2.18. The normalized spacial score (nSPS) is 19.9. The van der Waals surface area contributed by atoms with Gasteiger partial charge in [-0.3, -0.25) is 0 Å². The average Bonchev–Trinajstić information content (AvgIpc) is 2.18. The summed E-state index contributed by atoms with van der Waals surface area (Å²) in [7, 11) is 0. The molecule has 1 aliphatic carbocycles. The average molecular weight is 189 g/mol. The van der Waals surface area contributed by atoms with Crippen LogP contribution in [0.2, 0.25) is 0 Å². The van der Waals surface area contributed by atoms with Gasteiger partial charge in [0.1, 0.15) is 0 Å². The molecule has 0 aliphatic heterocycles. The molecule has 0 spiro atoms. The maximum absolute atomic E-state index is 5.41. The third-order valence-electron chi connectivity index (χ3n) is 2.64. The molecule has 0 saturated carbocycles. The molecular formula is C11H15N3. The van der Waals surface area contributed by atoms with Gasteiger partial charge in [-0.05, 0) is 30.4 Å². The Morgan fingerprint density at radius 1 is 1.29 bits per heavy atom. The maximum Gasteiger partial charge on any atom is 0.186 e. The van der Waals surface area contributed by atoms with Gasteiger partial charge < -0.3 is 11.5 Å². The second-order valence-corrected chi connectivity index (χ2v) is 3.66. The summed E-state index contributed by atoms with van der Waals surface area (Å²) in [6, 6.07) is 8.55. The molecule has 1 unspecified atom stereocenters. The third kappa shape index (κ3) is 1.71. The smallest absolute Gasteiger partial charge is 0.186 e. The molecule has 0 saturated heterocycles. The molecule has 0 aromatic heterocycles. The number of nitrogens with zero attached hydrogens (tertiary/aromatic N) is 1. The lowest BCUT2D eigenvalue weighted by atomic mass is 9.88. The second-order valence-electron chi connectivity index (χ2n) is 3.66. The fourth-order valence-corrected chi connectivity index (χ4v) is 2.04. The Balaban J connectivity index is 2.35. The highest BCUT2D eigenvalue weighted by molar-refractivity contribution is 5.76. The number of hydrogen-bond donors (Lipinski definition) is 2. The third-order valence-corrected chi connectivity index (χ3v) is 2.64. The van der Waals surface area contributed by atoms with Gasteiger partial charge in [-0.15, -0.1) is 0 Å². The maximum atomic E-state index is 5.41. The molecule has 0 heterocycles. The molecule has 1 aliphatic rings. The predicted molar refractivity (Wildman–Crippen MR) is 57.9 cm³/mol. The van der Waals surface area contributed by atoms with Gasteiger partial charge in [-0.1, -0.05) is 24.3 Å². The Kier molecular flexibility index (Phi) is 2.39. The van der Waals surface area contributed by atoms with E-state index in [1.807, 2.05) is 6.07 Å². The van der Waals surface area contributed by atoms with E-state index >= 15 is 0 Å². The van der Waals surface area contributed by atoms with Crippen molar-refractivity contribution in [2.24, 2.45) is 16.5 Å². The van der Waals surface area contributed by atoms with Crippen LogP contribution in [0, 0.1) is 0 Å². The van der Waals surface area contributed by atoms with Gasteiger partial charge in [0.15, 0.2) is 5.96 Å². The molecule has 74 valence electrons. The molecular weight excluding hydrogens is 174 g/mol. The fourth-order valence-electron chi connectivity index (χ4n) is 2.04. The Hall–Kier alpha value is -1.51. The monoisotopic (exact) mass is 189 g/mol. The van der Waals surface area contributed by atoms with Crippen molar-refractivity contribution in [2.75, 3.05) is 0 Å². The number of rotatable bonds is 1. The SMILES string of the molecule is NC(N)=NC1CCCc2ccccc21. The van der Waals surface area contributed by atoms with E-state index in [0.717, 1.165) is 12.8 Å². The van der Waals surface area contributed by atoms with Crippen LogP contribution in [-0.4, -0.2) is 5.96 Å². The van der Waals surface area contributed by atoms with Crippen molar-refractivity contribution in [2.45, 2.75) is 25.3 Å². The lowest BCUT2D eigenvalue weighted by Gasteiger charge is -2.22. The van der Waals surface area contributed by atoms with Crippen LogP contribution in [0.25, 0.3) is 0 Å². The van der Waals surface area contributed by atoms with Crippen molar-refractivity contribution in [3.05, 3.63) is 35.4 Å². The first kappa shape index (κ1) is 9.06. The van der Waals surface area contributed by atoms with Gasteiger partial charge in [0, 0.05) is 0 Å². The van der Waals surface area contributed by atoms with E-state index in [4.69, 9.17) is 11.5 Å². The number of hydrogen-bond acceptors (Lipinski definition) is 1. The van der Waals surface area contributed by atoms with Crippen LogP contribution < -0.4 is 11.5 Å². The van der Waals surface area contributed by atoms with E-state index < -0.39 is 0 Å². The van der Waals surface area contributed by atoms with E-state index in [1.165, 1.54) is 17.5 Å². The van der Waals surface area contributed by atoms with E-state index in [2.05, 4.69) is 23.2 Å². The van der Waals surface area contributed by atoms with Crippen molar-refractivity contribution in [3.63, 3.8) is 0 Å². The van der Waals surface area contributed by atoms with Crippen molar-refractivity contribution in [1.82, 2.24) is 0 Å². The first-order valence-electron chi connectivity index (χ1n) is 4.94. The van der Waals surface area contributed by atoms with Crippen LogP contribution in [0.4, 0.5) is 0 Å². The van der Waals surface area contributed by atoms with E-state index in [-0.39, 0.29) is 12.0 Å². The zero-order chi connectivity index (χ0) is 9.97. The zero-order valence-corrected chi connectivity index (χ0v) is 8.11. The molecule has 2 rings (SSSR count). The predicted octanol–water partition coefficient (Wildman–Crippen LogP) is 1.34. The molecule has 3 nitrogen and oxygen atoms in total. The standard InChI is InChI=1S/C11H15N3/c12-11(13)14-10-7-3-5-8-4-1-2-6-9(8)10/h1-2,4,6,10H,3,5,7H2,(H4,12,13,14). The van der Waals surface area contributed by atoms with Crippen molar-refractivity contribution >= 4 is 5.96 Å². The van der Waals surface area contributed by atoms with Crippen LogP contribution in [-0.2, 0) is 6.42 Å². The van der Waals surface area contributed by atoms with Crippen molar-refractivity contribution in [1.29, 1.82) is 0 Å². The first-order chi connectivity index (χ1) is 6.77. The Morgan fingerprint density at radius 2 is 2.07 bits per heavy atom. The molecule has 14 heavy (non-hydrogen) atoms. The molecule has 4 N–H and O–H groups in total.